The Labute approximate surface area is 59.2 Å². The first-order chi connectivity index (χ1) is 4.20. The Balaban J connectivity index is 2.70. The first kappa shape index (κ1) is 6.34. The average Bonchev–Trinajstić information content (AvgIpc) is 2.14. The highest BCUT2D eigenvalue weighted by atomic mass is 79.9. The molecule has 1 rings (SSSR count). The van der Waals surface area contributed by atoms with Gasteiger partial charge in [0.25, 0.3) is 5.91 Å². The molecule has 2 N–H and O–H groups in total. The summed E-state index contributed by atoms with van der Waals surface area (Å²) in [5.74, 6) is -0.673. The van der Waals surface area contributed by atoms with Gasteiger partial charge in [0.15, 0.2) is 0 Å². The number of hydrogen-bond acceptors (Lipinski definition) is 4. The standard InChI is InChI=1S/C3H2BrN4O/c4-3-6-2(1(5)9)7-8-3/h(H2,5,9). The fraction of sp³-hybridized carbons (Fsp3) is 0. The summed E-state index contributed by atoms with van der Waals surface area (Å²) >= 11 is 2.91. The quantitative estimate of drug-likeness (QED) is 0.587. The van der Waals surface area contributed by atoms with Crippen LogP contribution in [0.4, 0.5) is 0 Å². The molecule has 0 aromatic heterocycles. The van der Waals surface area contributed by atoms with E-state index in [9.17, 15) is 4.79 Å². The van der Waals surface area contributed by atoms with Crippen LogP contribution in [0.2, 0.25) is 0 Å². The Morgan fingerprint density at radius 1 is 1.56 bits per heavy atom. The maximum atomic E-state index is 10.3. The molecule has 0 atom stereocenters. The third-order valence-corrected chi connectivity index (χ3v) is 0.982. The number of hydrogen-bond donors (Lipinski definition) is 1. The van der Waals surface area contributed by atoms with E-state index in [-0.39, 0.29) is 10.9 Å². The van der Waals surface area contributed by atoms with Gasteiger partial charge in [0.05, 0.1) is 0 Å². The van der Waals surface area contributed by atoms with Gasteiger partial charge in [-0.25, -0.2) is 4.99 Å². The fourth-order valence-electron chi connectivity index (χ4n) is 0.325. The van der Waals surface area contributed by atoms with Gasteiger partial charge in [0, 0.05) is 0 Å². The highest BCUT2D eigenvalue weighted by Crippen LogP contribution is 2.14. The lowest BCUT2D eigenvalue weighted by molar-refractivity contribution is -0.116. The fourth-order valence-corrected chi connectivity index (χ4v) is 0.572. The molecule has 6 heteroatoms. The van der Waals surface area contributed by atoms with Gasteiger partial charge in [0.1, 0.15) is 0 Å². The normalized spacial score (nSPS) is 18.1. The summed E-state index contributed by atoms with van der Waals surface area (Å²) in [6, 6.07) is 0. The summed E-state index contributed by atoms with van der Waals surface area (Å²) in [5, 5.41) is 6.73. The predicted molar refractivity (Wildman–Crippen MR) is 33.7 cm³/mol. The van der Waals surface area contributed by atoms with Crippen LogP contribution in [0.25, 0.3) is 0 Å². The molecule has 1 heterocycles. The molecule has 5 nitrogen and oxygen atoms in total. The van der Waals surface area contributed by atoms with Crippen LogP contribution in [-0.4, -0.2) is 10.7 Å². The van der Waals surface area contributed by atoms with Crippen LogP contribution in [0.5, 0.6) is 0 Å². The lowest BCUT2D eigenvalue weighted by Crippen LogP contribution is -2.16. The smallest absolute Gasteiger partial charge is 0.307 e. The van der Waals surface area contributed by atoms with Crippen LogP contribution < -0.4 is 5.73 Å². The molecule has 1 amide bonds. The van der Waals surface area contributed by atoms with Crippen LogP contribution in [0.1, 0.15) is 0 Å². The minimum atomic E-state index is -0.673. The minimum absolute atomic E-state index is 0.0677. The van der Waals surface area contributed by atoms with E-state index in [1.807, 2.05) is 0 Å². The van der Waals surface area contributed by atoms with Gasteiger partial charge in [-0.05, 0) is 15.9 Å². The van der Waals surface area contributed by atoms with Crippen LogP contribution in [0.3, 0.4) is 0 Å². The highest BCUT2D eigenvalue weighted by Gasteiger charge is 2.19. The molecular weight excluding hydrogens is 188 g/mol. The number of primary amides is 1. The molecule has 0 saturated heterocycles. The van der Waals surface area contributed by atoms with Gasteiger partial charge in [0.2, 0.25) is 4.74 Å². The van der Waals surface area contributed by atoms with Crippen molar-refractivity contribution in [1.29, 1.82) is 0 Å². The molecule has 9 heavy (non-hydrogen) atoms. The Morgan fingerprint density at radius 3 is 2.44 bits per heavy atom. The molecule has 0 spiro atoms. The lowest BCUT2D eigenvalue weighted by atomic mass is 10.5. The lowest BCUT2D eigenvalue weighted by Gasteiger charge is -1.87. The summed E-state index contributed by atoms with van der Waals surface area (Å²) in [6.45, 7) is 0. The van der Waals surface area contributed by atoms with E-state index in [1.54, 1.807) is 0 Å². The van der Waals surface area contributed by atoms with E-state index in [2.05, 4.69) is 31.2 Å². The summed E-state index contributed by atoms with van der Waals surface area (Å²) in [6.07, 6.45) is -0.0677. The number of aliphatic imine (C=N–C) groups is 1. The van der Waals surface area contributed by atoms with E-state index in [1.165, 1.54) is 0 Å². The zero-order valence-electron chi connectivity index (χ0n) is 4.21. The number of azo groups is 1. The molecule has 0 aromatic rings. The summed E-state index contributed by atoms with van der Waals surface area (Å²) < 4.78 is 0.274. The van der Waals surface area contributed by atoms with Crippen molar-refractivity contribution in [2.45, 2.75) is 0 Å². The second-order valence-electron chi connectivity index (χ2n) is 1.27. The number of halogens is 1. The molecule has 1 aliphatic heterocycles. The van der Waals surface area contributed by atoms with Crippen molar-refractivity contribution in [2.75, 3.05) is 0 Å². The van der Waals surface area contributed by atoms with Gasteiger partial charge < -0.3 is 5.73 Å². The van der Waals surface area contributed by atoms with Crippen molar-refractivity contribution in [3.8, 4) is 0 Å². The Hall–Kier alpha value is -0.780. The first-order valence-corrected chi connectivity index (χ1v) is 2.82. The maximum absolute atomic E-state index is 10.3. The number of rotatable bonds is 1. The third kappa shape index (κ3) is 1.32. The molecule has 0 aromatic carbocycles. The Morgan fingerprint density at radius 2 is 2.22 bits per heavy atom. The van der Waals surface area contributed by atoms with Crippen LogP contribution in [0.15, 0.2) is 15.2 Å². The highest BCUT2D eigenvalue weighted by molar-refractivity contribution is 9.18. The average molecular weight is 190 g/mol. The van der Waals surface area contributed by atoms with Crippen LogP contribution in [0, 0.1) is 6.17 Å². The number of amides is 1. The summed E-state index contributed by atoms with van der Waals surface area (Å²) in [4.78, 5) is 13.8. The van der Waals surface area contributed by atoms with E-state index < -0.39 is 5.91 Å². The first-order valence-electron chi connectivity index (χ1n) is 2.03. The van der Waals surface area contributed by atoms with E-state index >= 15 is 0 Å². The molecule has 0 bridgehead atoms. The molecule has 1 radical (unpaired) electrons. The SMILES string of the molecule is NC(=O)[C]1N=NC(Br)=N1. The van der Waals surface area contributed by atoms with Crippen molar-refractivity contribution < 1.29 is 4.79 Å². The van der Waals surface area contributed by atoms with Gasteiger partial charge in [-0.3, -0.25) is 4.79 Å². The van der Waals surface area contributed by atoms with Gasteiger partial charge in [-0.2, -0.15) is 0 Å². The van der Waals surface area contributed by atoms with Crippen LogP contribution >= 0.6 is 15.9 Å². The summed E-state index contributed by atoms with van der Waals surface area (Å²) in [5.41, 5.74) is 4.80. The number of nitrogens with zero attached hydrogens (tertiary/aromatic N) is 3. The largest absolute Gasteiger partial charge is 0.366 e. The number of carbonyl (C=O) groups is 1. The monoisotopic (exact) mass is 189 g/mol. The van der Waals surface area contributed by atoms with E-state index in [0.29, 0.717) is 0 Å². The van der Waals surface area contributed by atoms with E-state index in [4.69, 9.17) is 5.73 Å². The number of nitrogens with two attached hydrogens (primary N) is 1. The summed E-state index contributed by atoms with van der Waals surface area (Å²) in [7, 11) is 0. The molecule has 0 aliphatic carbocycles. The zero-order valence-corrected chi connectivity index (χ0v) is 5.79. The zero-order chi connectivity index (χ0) is 6.85. The maximum Gasteiger partial charge on any atom is 0.307 e. The van der Waals surface area contributed by atoms with Gasteiger partial charge in [-0.1, -0.05) is 0 Å². The van der Waals surface area contributed by atoms with Crippen LogP contribution in [-0.2, 0) is 4.79 Å². The molecule has 47 valence electrons. The molecule has 1 aliphatic rings. The van der Waals surface area contributed by atoms with Crippen molar-refractivity contribution in [3.05, 3.63) is 6.17 Å². The van der Waals surface area contributed by atoms with Crippen molar-refractivity contribution >= 4 is 26.6 Å². The number of amidine groups is 1. The molecule has 0 fully saturated rings. The predicted octanol–water partition coefficient (Wildman–Crippen LogP) is 0.178. The van der Waals surface area contributed by atoms with Crippen molar-refractivity contribution in [1.82, 2.24) is 0 Å². The van der Waals surface area contributed by atoms with Gasteiger partial charge >= 0.3 is 6.17 Å². The van der Waals surface area contributed by atoms with Crippen molar-refractivity contribution in [2.24, 2.45) is 21.0 Å². The number of carbonyl (C=O) groups excluding carboxylic acids is 1. The third-order valence-electron chi connectivity index (χ3n) is 0.646. The Kier molecular flexibility index (Phi) is 1.56. The topological polar surface area (TPSA) is 80.2 Å². The minimum Gasteiger partial charge on any atom is -0.366 e. The molecular formula is C3H2BrN4O. The Bertz CT molecular complexity index is 198. The second-order valence-corrected chi connectivity index (χ2v) is 1.98. The molecule has 0 unspecified atom stereocenters. The van der Waals surface area contributed by atoms with E-state index in [0.717, 1.165) is 0 Å². The van der Waals surface area contributed by atoms with Crippen molar-refractivity contribution in [3.63, 3.8) is 0 Å². The second kappa shape index (κ2) is 2.22. The molecule has 0 saturated carbocycles. The van der Waals surface area contributed by atoms with Gasteiger partial charge in [-0.15, -0.1) is 10.2 Å².